The number of rotatable bonds is 8. The summed E-state index contributed by atoms with van der Waals surface area (Å²) in [5.41, 5.74) is 1.32. The van der Waals surface area contributed by atoms with E-state index in [1.807, 2.05) is 17.8 Å². The second-order valence-corrected chi connectivity index (χ2v) is 5.85. The standard InChI is InChI=1S/C14H21N7O/c1-11-9-20(18-16-11)6-2-3-7-21-10-13(17-19-21)14(22)15-8-12-4-5-12/h9-10,12H,2-8H2,1H3,(H,15,22). The quantitative estimate of drug-likeness (QED) is 0.728. The molecule has 1 N–H and O–H groups in total. The molecule has 22 heavy (non-hydrogen) atoms. The zero-order valence-corrected chi connectivity index (χ0v) is 12.8. The summed E-state index contributed by atoms with van der Waals surface area (Å²) in [4.78, 5) is 11.9. The fourth-order valence-corrected chi connectivity index (χ4v) is 2.21. The smallest absolute Gasteiger partial charge is 0.273 e. The Kier molecular flexibility index (Phi) is 4.45. The summed E-state index contributed by atoms with van der Waals surface area (Å²) >= 11 is 0. The van der Waals surface area contributed by atoms with Crippen LogP contribution >= 0.6 is 0 Å². The van der Waals surface area contributed by atoms with Gasteiger partial charge in [0.15, 0.2) is 5.69 Å². The van der Waals surface area contributed by atoms with E-state index in [0.717, 1.165) is 38.2 Å². The molecule has 0 atom stereocenters. The molecule has 1 fully saturated rings. The van der Waals surface area contributed by atoms with Crippen LogP contribution in [0.5, 0.6) is 0 Å². The first-order valence-corrected chi connectivity index (χ1v) is 7.76. The van der Waals surface area contributed by atoms with Crippen molar-refractivity contribution in [3.63, 3.8) is 0 Å². The van der Waals surface area contributed by atoms with Crippen molar-refractivity contribution in [1.29, 1.82) is 0 Å². The first-order valence-electron chi connectivity index (χ1n) is 7.76. The Morgan fingerprint density at radius 1 is 1.18 bits per heavy atom. The summed E-state index contributed by atoms with van der Waals surface area (Å²) in [6, 6.07) is 0. The zero-order valence-electron chi connectivity index (χ0n) is 12.8. The molecule has 0 saturated heterocycles. The Labute approximate surface area is 128 Å². The van der Waals surface area contributed by atoms with Gasteiger partial charge in [-0.2, -0.15) is 0 Å². The summed E-state index contributed by atoms with van der Waals surface area (Å²) < 4.78 is 3.56. The highest BCUT2D eigenvalue weighted by Gasteiger charge is 2.22. The molecule has 0 unspecified atom stereocenters. The molecular weight excluding hydrogens is 282 g/mol. The lowest BCUT2D eigenvalue weighted by molar-refractivity contribution is 0.0946. The SMILES string of the molecule is Cc1cn(CCCCn2cc(C(=O)NCC3CC3)nn2)nn1. The minimum absolute atomic E-state index is 0.128. The fourth-order valence-electron chi connectivity index (χ4n) is 2.21. The Morgan fingerprint density at radius 3 is 2.50 bits per heavy atom. The van der Waals surface area contributed by atoms with Crippen LogP contribution in [0.1, 0.15) is 41.9 Å². The summed E-state index contributed by atoms with van der Waals surface area (Å²) in [5.74, 6) is 0.538. The van der Waals surface area contributed by atoms with E-state index < -0.39 is 0 Å². The Hall–Kier alpha value is -2.25. The third-order valence-corrected chi connectivity index (χ3v) is 3.70. The van der Waals surface area contributed by atoms with Gasteiger partial charge in [0.2, 0.25) is 0 Å². The Balaban J connectivity index is 1.38. The van der Waals surface area contributed by atoms with Crippen LogP contribution < -0.4 is 5.32 Å². The van der Waals surface area contributed by atoms with Crippen LogP contribution in [0.2, 0.25) is 0 Å². The van der Waals surface area contributed by atoms with Crippen molar-refractivity contribution in [2.24, 2.45) is 5.92 Å². The molecule has 1 saturated carbocycles. The maximum Gasteiger partial charge on any atom is 0.273 e. The molecule has 2 aromatic rings. The number of nitrogens with zero attached hydrogens (tertiary/aromatic N) is 6. The van der Waals surface area contributed by atoms with Gasteiger partial charge in [0.05, 0.1) is 11.9 Å². The average Bonchev–Trinajstić information content (AvgIpc) is 3.06. The van der Waals surface area contributed by atoms with Crippen LogP contribution in [0.15, 0.2) is 12.4 Å². The topological polar surface area (TPSA) is 90.5 Å². The van der Waals surface area contributed by atoms with Gasteiger partial charge in [-0.05, 0) is 38.5 Å². The molecule has 8 nitrogen and oxygen atoms in total. The van der Waals surface area contributed by atoms with Crippen molar-refractivity contribution in [1.82, 2.24) is 35.3 Å². The Bertz CT molecular complexity index is 629. The van der Waals surface area contributed by atoms with Crippen molar-refractivity contribution in [2.75, 3.05) is 6.54 Å². The van der Waals surface area contributed by atoms with E-state index in [4.69, 9.17) is 0 Å². The number of hydrogen-bond acceptors (Lipinski definition) is 5. The van der Waals surface area contributed by atoms with Crippen LogP contribution in [0.4, 0.5) is 0 Å². The molecule has 0 spiro atoms. The Morgan fingerprint density at radius 2 is 1.86 bits per heavy atom. The second-order valence-electron chi connectivity index (χ2n) is 5.85. The van der Waals surface area contributed by atoms with Gasteiger partial charge in [-0.15, -0.1) is 10.2 Å². The van der Waals surface area contributed by atoms with E-state index in [1.54, 1.807) is 10.9 Å². The molecule has 2 heterocycles. The summed E-state index contributed by atoms with van der Waals surface area (Å²) in [5, 5.41) is 18.8. The zero-order chi connectivity index (χ0) is 15.4. The van der Waals surface area contributed by atoms with Crippen molar-refractivity contribution in [3.05, 3.63) is 23.8 Å². The summed E-state index contributed by atoms with van der Waals surface area (Å²) in [7, 11) is 0. The van der Waals surface area contributed by atoms with E-state index in [1.165, 1.54) is 12.8 Å². The van der Waals surface area contributed by atoms with Crippen LogP contribution in [0, 0.1) is 12.8 Å². The molecule has 0 bridgehead atoms. The first-order chi connectivity index (χ1) is 10.7. The fraction of sp³-hybridized carbons (Fsp3) is 0.643. The molecule has 3 rings (SSSR count). The van der Waals surface area contributed by atoms with E-state index in [0.29, 0.717) is 11.6 Å². The van der Waals surface area contributed by atoms with E-state index in [2.05, 4.69) is 25.9 Å². The van der Waals surface area contributed by atoms with Crippen molar-refractivity contribution < 1.29 is 4.79 Å². The van der Waals surface area contributed by atoms with Crippen LogP contribution in [0.25, 0.3) is 0 Å². The van der Waals surface area contributed by atoms with E-state index in [9.17, 15) is 4.79 Å². The molecule has 118 valence electrons. The average molecular weight is 303 g/mol. The van der Waals surface area contributed by atoms with Crippen LogP contribution in [0.3, 0.4) is 0 Å². The molecule has 1 aliphatic carbocycles. The van der Waals surface area contributed by atoms with Crippen LogP contribution in [-0.4, -0.2) is 42.4 Å². The monoisotopic (exact) mass is 303 g/mol. The number of aromatic nitrogens is 6. The molecule has 0 radical (unpaired) electrons. The number of amides is 1. The predicted octanol–water partition coefficient (Wildman–Crippen LogP) is 0.798. The second kappa shape index (κ2) is 6.67. The van der Waals surface area contributed by atoms with Gasteiger partial charge < -0.3 is 5.32 Å². The van der Waals surface area contributed by atoms with Gasteiger partial charge in [0, 0.05) is 25.8 Å². The number of carbonyl (C=O) groups excluding carboxylic acids is 1. The summed E-state index contributed by atoms with van der Waals surface area (Å²) in [6.07, 6.45) is 8.01. The van der Waals surface area contributed by atoms with Gasteiger partial charge in [-0.3, -0.25) is 14.2 Å². The maximum absolute atomic E-state index is 11.9. The first kappa shape index (κ1) is 14.7. The number of carbonyl (C=O) groups is 1. The largest absolute Gasteiger partial charge is 0.350 e. The molecular formula is C14H21N7O. The lowest BCUT2D eigenvalue weighted by Crippen LogP contribution is -2.25. The van der Waals surface area contributed by atoms with Crippen molar-refractivity contribution in [2.45, 2.75) is 45.7 Å². The number of unbranched alkanes of at least 4 members (excludes halogenated alkanes) is 1. The summed E-state index contributed by atoms with van der Waals surface area (Å²) in [6.45, 7) is 4.26. The van der Waals surface area contributed by atoms with Gasteiger partial charge in [0.25, 0.3) is 5.91 Å². The van der Waals surface area contributed by atoms with E-state index in [-0.39, 0.29) is 5.91 Å². The number of nitrogens with one attached hydrogen (secondary N) is 1. The molecule has 0 aromatic carbocycles. The minimum atomic E-state index is -0.128. The molecule has 1 amide bonds. The third kappa shape index (κ3) is 4.12. The highest BCUT2D eigenvalue weighted by Crippen LogP contribution is 2.27. The van der Waals surface area contributed by atoms with Gasteiger partial charge >= 0.3 is 0 Å². The van der Waals surface area contributed by atoms with Gasteiger partial charge in [-0.25, -0.2) is 0 Å². The van der Waals surface area contributed by atoms with Crippen molar-refractivity contribution in [3.8, 4) is 0 Å². The lowest BCUT2D eigenvalue weighted by atomic mass is 10.3. The maximum atomic E-state index is 11.9. The molecule has 0 aliphatic heterocycles. The molecule has 2 aromatic heterocycles. The number of hydrogen-bond donors (Lipinski definition) is 1. The van der Waals surface area contributed by atoms with Gasteiger partial charge in [0.1, 0.15) is 0 Å². The highest BCUT2D eigenvalue weighted by atomic mass is 16.2. The minimum Gasteiger partial charge on any atom is -0.350 e. The lowest BCUT2D eigenvalue weighted by Gasteiger charge is -2.01. The normalized spacial score (nSPS) is 14.2. The van der Waals surface area contributed by atoms with Crippen molar-refractivity contribution >= 4 is 5.91 Å². The van der Waals surface area contributed by atoms with E-state index >= 15 is 0 Å². The molecule has 1 aliphatic rings. The predicted molar refractivity (Wildman–Crippen MR) is 79.1 cm³/mol. The highest BCUT2D eigenvalue weighted by molar-refractivity contribution is 5.91. The third-order valence-electron chi connectivity index (χ3n) is 3.70. The number of aryl methyl sites for hydroxylation is 3. The van der Waals surface area contributed by atoms with Gasteiger partial charge in [-0.1, -0.05) is 10.4 Å². The molecule has 8 heteroatoms. The van der Waals surface area contributed by atoms with Crippen LogP contribution in [-0.2, 0) is 13.1 Å².